The summed E-state index contributed by atoms with van der Waals surface area (Å²) in [6, 6.07) is -0.221. The predicted molar refractivity (Wildman–Crippen MR) is 54.4 cm³/mol. The van der Waals surface area contributed by atoms with Crippen molar-refractivity contribution in [3.8, 4) is 0 Å². The van der Waals surface area contributed by atoms with E-state index in [9.17, 15) is 4.79 Å². The second-order valence-electron chi connectivity index (χ2n) is 4.58. The van der Waals surface area contributed by atoms with Crippen LogP contribution in [0.5, 0.6) is 0 Å². The van der Waals surface area contributed by atoms with E-state index in [4.69, 9.17) is 5.73 Å². The van der Waals surface area contributed by atoms with Gasteiger partial charge in [0.05, 0.1) is 6.04 Å². The second-order valence-corrected chi connectivity index (χ2v) is 4.58. The average molecular weight is 183 g/mol. The van der Waals surface area contributed by atoms with Crippen LogP contribution in [-0.2, 0) is 4.79 Å². The predicted octanol–water partition coefficient (Wildman–Crippen LogP) is 2.12. The van der Waals surface area contributed by atoms with Crippen LogP contribution in [0.4, 0.5) is 0 Å². The van der Waals surface area contributed by atoms with E-state index in [1.807, 2.05) is 0 Å². The third kappa shape index (κ3) is 4.41. The molecule has 2 atom stereocenters. The minimum absolute atomic E-state index is 0.124. The highest BCUT2D eigenvalue weighted by molar-refractivity contribution is 5.80. The lowest BCUT2D eigenvalue weighted by molar-refractivity contribution is -0.118. The van der Waals surface area contributed by atoms with Crippen molar-refractivity contribution in [2.24, 2.45) is 17.6 Å². The van der Waals surface area contributed by atoms with Crippen molar-refractivity contribution in [2.75, 3.05) is 0 Å². The summed E-state index contributed by atoms with van der Waals surface area (Å²) in [4.78, 5) is 10.9. The standard InChI is InChI=1S/C11H21NO/c1-8(7-10-4-5-10)3-6-11(12)9(2)13/h8,10-11H,3-7,12H2,1-2H3/t8-,11+/m1/s1. The molecule has 0 amide bonds. The first kappa shape index (κ1) is 10.7. The molecule has 2 nitrogen and oxygen atoms in total. The summed E-state index contributed by atoms with van der Waals surface area (Å²) >= 11 is 0. The van der Waals surface area contributed by atoms with Crippen LogP contribution in [-0.4, -0.2) is 11.8 Å². The van der Waals surface area contributed by atoms with Crippen molar-refractivity contribution < 1.29 is 4.79 Å². The molecular formula is C11H21NO. The van der Waals surface area contributed by atoms with Crippen LogP contribution < -0.4 is 5.73 Å². The highest BCUT2D eigenvalue weighted by atomic mass is 16.1. The maximum atomic E-state index is 10.9. The van der Waals surface area contributed by atoms with Crippen LogP contribution >= 0.6 is 0 Å². The highest BCUT2D eigenvalue weighted by Gasteiger charge is 2.23. The molecule has 76 valence electrons. The zero-order chi connectivity index (χ0) is 9.84. The molecule has 1 saturated carbocycles. The van der Waals surface area contributed by atoms with Gasteiger partial charge in [0.1, 0.15) is 5.78 Å². The largest absolute Gasteiger partial charge is 0.322 e. The zero-order valence-corrected chi connectivity index (χ0v) is 8.75. The van der Waals surface area contributed by atoms with Crippen LogP contribution in [0.15, 0.2) is 0 Å². The summed E-state index contributed by atoms with van der Waals surface area (Å²) in [5.41, 5.74) is 5.66. The van der Waals surface area contributed by atoms with Crippen molar-refractivity contribution in [3.05, 3.63) is 0 Å². The molecular weight excluding hydrogens is 162 g/mol. The fraction of sp³-hybridized carbons (Fsp3) is 0.909. The third-order valence-corrected chi connectivity index (χ3v) is 2.93. The molecule has 0 unspecified atom stereocenters. The molecule has 1 aliphatic carbocycles. The minimum Gasteiger partial charge on any atom is -0.322 e. The monoisotopic (exact) mass is 183 g/mol. The molecule has 0 bridgehead atoms. The number of carbonyl (C=O) groups is 1. The summed E-state index contributed by atoms with van der Waals surface area (Å²) < 4.78 is 0. The van der Waals surface area contributed by atoms with E-state index in [1.54, 1.807) is 6.92 Å². The molecule has 13 heavy (non-hydrogen) atoms. The van der Waals surface area contributed by atoms with Crippen molar-refractivity contribution in [3.63, 3.8) is 0 Å². The maximum absolute atomic E-state index is 10.9. The Morgan fingerprint density at radius 3 is 2.54 bits per heavy atom. The van der Waals surface area contributed by atoms with Gasteiger partial charge in [0, 0.05) is 0 Å². The molecule has 1 fully saturated rings. The molecule has 0 aliphatic heterocycles. The van der Waals surface area contributed by atoms with E-state index in [0.29, 0.717) is 0 Å². The number of carbonyl (C=O) groups excluding carboxylic acids is 1. The Morgan fingerprint density at radius 2 is 2.08 bits per heavy atom. The molecule has 0 aromatic rings. The van der Waals surface area contributed by atoms with E-state index >= 15 is 0 Å². The Hall–Kier alpha value is -0.370. The fourth-order valence-electron chi connectivity index (χ4n) is 1.71. The second kappa shape index (κ2) is 4.75. The van der Waals surface area contributed by atoms with Gasteiger partial charge in [-0.15, -0.1) is 0 Å². The molecule has 0 spiro atoms. The van der Waals surface area contributed by atoms with Gasteiger partial charge in [0.2, 0.25) is 0 Å². The summed E-state index contributed by atoms with van der Waals surface area (Å²) in [6.07, 6.45) is 6.15. The third-order valence-electron chi connectivity index (χ3n) is 2.93. The van der Waals surface area contributed by atoms with E-state index in [1.165, 1.54) is 19.3 Å². The highest BCUT2D eigenvalue weighted by Crippen LogP contribution is 2.36. The lowest BCUT2D eigenvalue weighted by Crippen LogP contribution is -2.28. The Labute approximate surface area is 80.9 Å². The first-order valence-electron chi connectivity index (χ1n) is 5.35. The smallest absolute Gasteiger partial charge is 0.146 e. The summed E-state index contributed by atoms with van der Waals surface area (Å²) in [6.45, 7) is 3.85. The molecule has 1 aliphatic rings. The van der Waals surface area contributed by atoms with Gasteiger partial charge in [-0.2, -0.15) is 0 Å². The number of hydrogen-bond donors (Lipinski definition) is 1. The average Bonchev–Trinajstić information content (AvgIpc) is 2.83. The van der Waals surface area contributed by atoms with Crippen LogP contribution in [0.25, 0.3) is 0 Å². The van der Waals surface area contributed by atoms with Gasteiger partial charge in [-0.3, -0.25) is 4.79 Å². The van der Waals surface area contributed by atoms with Gasteiger partial charge in [-0.1, -0.05) is 19.8 Å². The van der Waals surface area contributed by atoms with E-state index in [-0.39, 0.29) is 11.8 Å². The Bertz CT molecular complexity index is 175. The Morgan fingerprint density at radius 1 is 1.46 bits per heavy atom. The van der Waals surface area contributed by atoms with E-state index in [2.05, 4.69) is 6.92 Å². The molecule has 0 aromatic heterocycles. The number of nitrogens with two attached hydrogens (primary N) is 1. The van der Waals surface area contributed by atoms with E-state index in [0.717, 1.165) is 24.7 Å². The van der Waals surface area contributed by atoms with Gasteiger partial charge in [-0.25, -0.2) is 0 Å². The van der Waals surface area contributed by atoms with Gasteiger partial charge < -0.3 is 5.73 Å². The van der Waals surface area contributed by atoms with Gasteiger partial charge in [0.15, 0.2) is 0 Å². The lowest BCUT2D eigenvalue weighted by Gasteiger charge is -2.12. The molecule has 2 heteroatoms. The lowest BCUT2D eigenvalue weighted by atomic mass is 9.95. The molecule has 0 heterocycles. The van der Waals surface area contributed by atoms with Crippen molar-refractivity contribution in [1.29, 1.82) is 0 Å². The van der Waals surface area contributed by atoms with Crippen LogP contribution in [0.3, 0.4) is 0 Å². The molecule has 2 N–H and O–H groups in total. The number of ketones is 1. The zero-order valence-electron chi connectivity index (χ0n) is 8.75. The van der Waals surface area contributed by atoms with Crippen molar-refractivity contribution in [1.82, 2.24) is 0 Å². The minimum atomic E-state index is -0.221. The number of rotatable bonds is 6. The SMILES string of the molecule is CC(=O)[C@@H](N)CC[C@@H](C)CC1CC1. The number of Topliss-reactive ketones (excluding diaryl/α,β-unsaturated/α-hetero) is 1. The number of hydrogen-bond acceptors (Lipinski definition) is 2. The van der Waals surface area contributed by atoms with Gasteiger partial charge >= 0.3 is 0 Å². The quantitative estimate of drug-likeness (QED) is 0.685. The molecule has 0 radical (unpaired) electrons. The molecule has 1 rings (SSSR count). The van der Waals surface area contributed by atoms with Crippen LogP contribution in [0.1, 0.15) is 46.0 Å². The Kier molecular flexibility index (Phi) is 3.91. The van der Waals surface area contributed by atoms with Gasteiger partial charge in [-0.05, 0) is 38.0 Å². The Balaban J connectivity index is 2.05. The van der Waals surface area contributed by atoms with Gasteiger partial charge in [0.25, 0.3) is 0 Å². The topological polar surface area (TPSA) is 43.1 Å². The molecule has 0 aromatic carbocycles. The van der Waals surface area contributed by atoms with E-state index < -0.39 is 0 Å². The normalized spacial score (nSPS) is 21.2. The maximum Gasteiger partial charge on any atom is 0.146 e. The first-order valence-corrected chi connectivity index (χ1v) is 5.35. The molecule has 0 saturated heterocycles. The fourth-order valence-corrected chi connectivity index (χ4v) is 1.71. The summed E-state index contributed by atoms with van der Waals surface area (Å²) in [7, 11) is 0. The van der Waals surface area contributed by atoms with Crippen LogP contribution in [0, 0.1) is 11.8 Å². The first-order chi connectivity index (χ1) is 6.09. The van der Waals surface area contributed by atoms with Crippen LogP contribution in [0.2, 0.25) is 0 Å². The summed E-state index contributed by atoms with van der Waals surface area (Å²) in [5.74, 6) is 1.86. The summed E-state index contributed by atoms with van der Waals surface area (Å²) in [5, 5.41) is 0. The van der Waals surface area contributed by atoms with Crippen molar-refractivity contribution in [2.45, 2.75) is 52.0 Å². The van der Waals surface area contributed by atoms with Crippen molar-refractivity contribution >= 4 is 5.78 Å².